The molecule has 106 valence electrons. The Balaban J connectivity index is 1.91. The second-order valence-electron chi connectivity index (χ2n) is 5.05. The zero-order valence-corrected chi connectivity index (χ0v) is 11.5. The van der Waals surface area contributed by atoms with Gasteiger partial charge >= 0.3 is 5.97 Å². The Bertz CT molecular complexity index is 779. The molecule has 1 unspecified atom stereocenters. The highest BCUT2D eigenvalue weighted by atomic mass is 32.2. The number of carboxylic acid groups (broad SMARTS) is 1. The molecule has 0 bridgehead atoms. The lowest BCUT2D eigenvalue weighted by atomic mass is 10.2. The van der Waals surface area contributed by atoms with Gasteiger partial charge in [0.05, 0.1) is 22.3 Å². The predicted molar refractivity (Wildman–Crippen MR) is 72.7 cm³/mol. The molecular weight excluding hydrogens is 280 g/mol. The molecule has 1 saturated heterocycles. The molecule has 1 aliphatic rings. The quantitative estimate of drug-likeness (QED) is 0.917. The fourth-order valence-corrected chi connectivity index (χ4v) is 4.44. The molecule has 0 aliphatic carbocycles. The average Bonchev–Trinajstić information content (AvgIpc) is 2.92. The van der Waals surface area contributed by atoms with Gasteiger partial charge in [0.1, 0.15) is 5.65 Å². The van der Waals surface area contributed by atoms with E-state index in [1.54, 1.807) is 16.8 Å². The average molecular weight is 294 g/mol. The molecule has 20 heavy (non-hydrogen) atoms. The molecule has 3 heterocycles. The van der Waals surface area contributed by atoms with Crippen LogP contribution in [0, 0.1) is 0 Å². The van der Waals surface area contributed by atoms with Gasteiger partial charge in [-0.15, -0.1) is 0 Å². The summed E-state index contributed by atoms with van der Waals surface area (Å²) in [6.45, 7) is 0. The van der Waals surface area contributed by atoms with Gasteiger partial charge in [0.15, 0.2) is 9.84 Å². The van der Waals surface area contributed by atoms with E-state index < -0.39 is 15.8 Å². The Hall–Kier alpha value is -1.89. The molecule has 2 aromatic rings. The topological polar surface area (TPSA) is 88.7 Å². The second-order valence-corrected chi connectivity index (χ2v) is 7.45. The van der Waals surface area contributed by atoms with Gasteiger partial charge in [0, 0.05) is 18.8 Å². The normalized spacial score (nSPS) is 21.3. The van der Waals surface area contributed by atoms with Crippen LogP contribution in [0.3, 0.4) is 0 Å². The van der Waals surface area contributed by atoms with Crippen LogP contribution in [0.15, 0.2) is 24.5 Å². The summed E-state index contributed by atoms with van der Waals surface area (Å²) in [5, 5.41) is 8.58. The van der Waals surface area contributed by atoms with Gasteiger partial charge in [-0.05, 0) is 25.0 Å². The van der Waals surface area contributed by atoms with Crippen molar-refractivity contribution in [1.29, 1.82) is 0 Å². The van der Waals surface area contributed by atoms with Crippen LogP contribution < -0.4 is 0 Å². The maximum atomic E-state index is 11.8. The molecule has 0 saturated carbocycles. The number of carbonyl (C=O) groups is 1. The number of pyridine rings is 1. The first kappa shape index (κ1) is 13.1. The lowest BCUT2D eigenvalue weighted by Gasteiger charge is -2.05. The van der Waals surface area contributed by atoms with E-state index in [9.17, 15) is 13.2 Å². The number of imidazole rings is 1. The summed E-state index contributed by atoms with van der Waals surface area (Å²) in [5.41, 5.74) is 1.38. The number of fused-ring (bicyclic) bond motifs is 1. The SMILES string of the molecule is O=C(O)c1ccn2cc(CC3CCCS3(=O)=O)nc2c1. The molecule has 0 radical (unpaired) electrons. The van der Waals surface area contributed by atoms with Crippen LogP contribution in [0.5, 0.6) is 0 Å². The summed E-state index contributed by atoms with van der Waals surface area (Å²) in [4.78, 5) is 15.2. The van der Waals surface area contributed by atoms with Crippen molar-refractivity contribution in [2.24, 2.45) is 0 Å². The van der Waals surface area contributed by atoms with Crippen molar-refractivity contribution in [3.8, 4) is 0 Å². The first-order valence-corrected chi connectivity index (χ1v) is 8.10. The van der Waals surface area contributed by atoms with E-state index in [1.165, 1.54) is 12.1 Å². The van der Waals surface area contributed by atoms with E-state index >= 15 is 0 Å². The molecule has 0 spiro atoms. The van der Waals surface area contributed by atoms with Crippen LogP contribution in [0.4, 0.5) is 0 Å². The lowest BCUT2D eigenvalue weighted by molar-refractivity contribution is 0.0697. The van der Waals surface area contributed by atoms with Crippen molar-refractivity contribution in [2.75, 3.05) is 5.75 Å². The summed E-state index contributed by atoms with van der Waals surface area (Å²) >= 11 is 0. The number of nitrogens with zero attached hydrogens (tertiary/aromatic N) is 2. The summed E-state index contributed by atoms with van der Waals surface area (Å²) in [5.74, 6) is -0.746. The molecule has 0 amide bonds. The molecule has 1 aliphatic heterocycles. The summed E-state index contributed by atoms with van der Waals surface area (Å²) in [7, 11) is -2.99. The van der Waals surface area contributed by atoms with Gasteiger partial charge in [-0.1, -0.05) is 0 Å². The predicted octanol–water partition coefficient (Wildman–Crippen LogP) is 1.15. The number of rotatable bonds is 3. The van der Waals surface area contributed by atoms with Gasteiger partial charge in [-0.25, -0.2) is 18.2 Å². The minimum absolute atomic E-state index is 0.170. The molecule has 1 atom stereocenters. The summed E-state index contributed by atoms with van der Waals surface area (Å²) in [6, 6.07) is 2.97. The van der Waals surface area contributed by atoms with E-state index in [4.69, 9.17) is 5.11 Å². The van der Waals surface area contributed by atoms with Crippen molar-refractivity contribution >= 4 is 21.5 Å². The van der Waals surface area contributed by atoms with Crippen molar-refractivity contribution in [1.82, 2.24) is 9.38 Å². The number of sulfone groups is 1. The second kappa shape index (κ2) is 4.59. The fraction of sp³-hybridized carbons (Fsp3) is 0.385. The van der Waals surface area contributed by atoms with Gasteiger partial charge < -0.3 is 9.51 Å². The minimum Gasteiger partial charge on any atom is -0.478 e. The first-order valence-electron chi connectivity index (χ1n) is 6.38. The van der Waals surface area contributed by atoms with Gasteiger partial charge in [-0.3, -0.25) is 0 Å². The van der Waals surface area contributed by atoms with Crippen molar-refractivity contribution < 1.29 is 18.3 Å². The molecule has 2 aromatic heterocycles. The Morgan fingerprint density at radius 2 is 2.30 bits per heavy atom. The lowest BCUT2D eigenvalue weighted by Crippen LogP contribution is -2.18. The zero-order valence-electron chi connectivity index (χ0n) is 10.7. The number of hydrogen-bond acceptors (Lipinski definition) is 4. The number of aromatic carboxylic acids is 1. The van der Waals surface area contributed by atoms with E-state index in [1.807, 2.05) is 0 Å². The molecule has 1 fully saturated rings. The monoisotopic (exact) mass is 294 g/mol. The highest BCUT2D eigenvalue weighted by Gasteiger charge is 2.31. The molecule has 1 N–H and O–H groups in total. The van der Waals surface area contributed by atoms with Crippen LogP contribution in [-0.4, -0.2) is 39.9 Å². The standard InChI is InChI=1S/C13H14N2O4S/c16-13(17)9-3-4-15-8-10(14-12(15)6-9)7-11-2-1-5-20(11,18)19/h3-4,6,8,11H,1-2,5,7H2,(H,16,17). The van der Waals surface area contributed by atoms with Crippen molar-refractivity contribution in [2.45, 2.75) is 24.5 Å². The Morgan fingerprint density at radius 1 is 1.50 bits per heavy atom. The highest BCUT2D eigenvalue weighted by Crippen LogP contribution is 2.23. The van der Waals surface area contributed by atoms with Gasteiger partial charge in [0.25, 0.3) is 0 Å². The number of aromatic nitrogens is 2. The zero-order chi connectivity index (χ0) is 14.3. The van der Waals surface area contributed by atoms with Crippen LogP contribution in [0.2, 0.25) is 0 Å². The molecular formula is C13H14N2O4S. The maximum Gasteiger partial charge on any atom is 0.335 e. The summed E-state index contributed by atoms with van der Waals surface area (Å²) < 4.78 is 25.3. The van der Waals surface area contributed by atoms with E-state index in [0.29, 0.717) is 30.6 Å². The Labute approximate surface area is 116 Å². The van der Waals surface area contributed by atoms with Crippen LogP contribution in [-0.2, 0) is 16.3 Å². The number of hydrogen-bond donors (Lipinski definition) is 1. The third-order valence-corrected chi connectivity index (χ3v) is 5.93. The number of carboxylic acids is 1. The van der Waals surface area contributed by atoms with Gasteiger partial charge in [-0.2, -0.15) is 0 Å². The van der Waals surface area contributed by atoms with E-state index in [2.05, 4.69) is 4.98 Å². The molecule has 0 aromatic carbocycles. The highest BCUT2D eigenvalue weighted by molar-refractivity contribution is 7.92. The van der Waals surface area contributed by atoms with Crippen molar-refractivity contribution in [3.05, 3.63) is 35.8 Å². The van der Waals surface area contributed by atoms with Crippen LogP contribution in [0.25, 0.3) is 5.65 Å². The third kappa shape index (κ3) is 2.29. The van der Waals surface area contributed by atoms with Crippen LogP contribution >= 0.6 is 0 Å². The minimum atomic E-state index is -2.99. The first-order chi connectivity index (χ1) is 9.45. The van der Waals surface area contributed by atoms with Gasteiger partial charge in [0.2, 0.25) is 0 Å². The van der Waals surface area contributed by atoms with Crippen LogP contribution in [0.1, 0.15) is 28.9 Å². The Morgan fingerprint density at radius 3 is 2.95 bits per heavy atom. The molecule has 3 rings (SSSR count). The smallest absolute Gasteiger partial charge is 0.335 e. The van der Waals surface area contributed by atoms with Crippen molar-refractivity contribution in [3.63, 3.8) is 0 Å². The molecule has 7 heteroatoms. The van der Waals surface area contributed by atoms with E-state index in [-0.39, 0.29) is 16.6 Å². The van der Waals surface area contributed by atoms with E-state index in [0.717, 1.165) is 0 Å². The Kier molecular flexibility index (Phi) is 3.01. The fourth-order valence-electron chi connectivity index (χ4n) is 2.59. The molecule has 6 nitrogen and oxygen atoms in total. The maximum absolute atomic E-state index is 11.8. The third-order valence-electron chi connectivity index (χ3n) is 3.66. The largest absolute Gasteiger partial charge is 0.478 e. The summed E-state index contributed by atoms with van der Waals surface area (Å²) in [6.07, 6.45) is 5.17.